The molecule has 0 bridgehead atoms. The maximum atomic E-state index is 12.0. The average Bonchev–Trinajstić information content (AvgIpc) is 2.75. The number of terminal acetylenes is 1. The van der Waals surface area contributed by atoms with Crippen molar-refractivity contribution in [2.75, 3.05) is 11.5 Å². The molecule has 3 rings (SSSR count). The van der Waals surface area contributed by atoms with Crippen LogP contribution in [0.1, 0.15) is 32.1 Å². The molecule has 8 heteroatoms. The summed E-state index contributed by atoms with van der Waals surface area (Å²) in [7, 11) is -0.180. The van der Waals surface area contributed by atoms with Gasteiger partial charge in [0.15, 0.2) is 0 Å². The Hall–Kier alpha value is -2.20. The van der Waals surface area contributed by atoms with E-state index in [1.807, 2.05) is 30.3 Å². The predicted molar refractivity (Wildman–Crippen MR) is 121 cm³/mol. The SMILES string of the molecule is C#CCCCC(=O)Nc1ccc2cc(OC3O[C@H](CCPO)C[C@H](O)[C@@H]3O)ccc2c1. The molecule has 1 fully saturated rings. The first-order valence-corrected chi connectivity index (χ1v) is 11.5. The Morgan fingerprint density at radius 2 is 2.03 bits per heavy atom. The summed E-state index contributed by atoms with van der Waals surface area (Å²) >= 11 is 0. The largest absolute Gasteiger partial charge is 0.462 e. The lowest BCUT2D eigenvalue weighted by atomic mass is 10.0. The number of ether oxygens (including phenoxy) is 2. The molecule has 31 heavy (non-hydrogen) atoms. The molecule has 0 radical (unpaired) electrons. The predicted octanol–water partition coefficient (Wildman–Crippen LogP) is 2.77. The molecule has 1 heterocycles. The number of hydrogen-bond acceptors (Lipinski definition) is 6. The molecule has 0 spiro atoms. The summed E-state index contributed by atoms with van der Waals surface area (Å²) in [4.78, 5) is 21.0. The topological polar surface area (TPSA) is 108 Å². The molecule has 0 aliphatic carbocycles. The first kappa shape index (κ1) is 23.5. The van der Waals surface area contributed by atoms with Crippen molar-refractivity contribution in [1.82, 2.24) is 0 Å². The summed E-state index contributed by atoms with van der Waals surface area (Å²) in [5.74, 6) is 2.95. The Kier molecular flexibility index (Phi) is 8.65. The lowest BCUT2D eigenvalue weighted by Crippen LogP contribution is -2.50. The highest BCUT2D eigenvalue weighted by molar-refractivity contribution is 7.31. The highest BCUT2D eigenvalue weighted by Gasteiger charge is 2.38. The van der Waals surface area contributed by atoms with Crippen molar-refractivity contribution in [2.45, 2.75) is 56.7 Å². The van der Waals surface area contributed by atoms with Crippen molar-refractivity contribution in [3.05, 3.63) is 36.4 Å². The highest BCUT2D eigenvalue weighted by atomic mass is 31.1. The van der Waals surface area contributed by atoms with Gasteiger partial charge in [-0.15, -0.1) is 12.3 Å². The van der Waals surface area contributed by atoms with Crippen molar-refractivity contribution in [3.8, 4) is 18.1 Å². The molecule has 4 N–H and O–H groups in total. The molecule has 7 nitrogen and oxygen atoms in total. The van der Waals surface area contributed by atoms with Crippen LogP contribution < -0.4 is 10.1 Å². The molecule has 0 saturated carbocycles. The molecular weight excluding hydrogens is 417 g/mol. The van der Waals surface area contributed by atoms with Crippen LogP contribution in [0.3, 0.4) is 0 Å². The van der Waals surface area contributed by atoms with Gasteiger partial charge in [0.2, 0.25) is 12.2 Å². The molecule has 1 aliphatic rings. The van der Waals surface area contributed by atoms with E-state index < -0.39 is 18.5 Å². The second-order valence-corrected chi connectivity index (χ2v) is 8.38. The van der Waals surface area contributed by atoms with Gasteiger partial charge in [0, 0.05) is 33.8 Å². The van der Waals surface area contributed by atoms with E-state index in [4.69, 9.17) is 20.8 Å². The molecule has 1 saturated heterocycles. The number of rotatable bonds is 9. The van der Waals surface area contributed by atoms with Gasteiger partial charge < -0.3 is 29.9 Å². The summed E-state index contributed by atoms with van der Waals surface area (Å²) in [5, 5.41) is 25.1. The van der Waals surface area contributed by atoms with Gasteiger partial charge in [-0.2, -0.15) is 0 Å². The Balaban J connectivity index is 1.65. The third-order valence-corrected chi connectivity index (χ3v) is 5.67. The van der Waals surface area contributed by atoms with E-state index in [9.17, 15) is 15.0 Å². The van der Waals surface area contributed by atoms with Crippen LogP contribution in [-0.4, -0.2) is 51.8 Å². The van der Waals surface area contributed by atoms with Crippen LogP contribution in [0.5, 0.6) is 5.75 Å². The van der Waals surface area contributed by atoms with Crippen molar-refractivity contribution in [1.29, 1.82) is 0 Å². The Labute approximate surface area is 183 Å². The number of anilines is 1. The first-order chi connectivity index (χ1) is 15.0. The quantitative estimate of drug-likeness (QED) is 0.269. The van der Waals surface area contributed by atoms with E-state index >= 15 is 0 Å². The van der Waals surface area contributed by atoms with Crippen LogP contribution in [0.15, 0.2) is 36.4 Å². The fourth-order valence-electron chi connectivity index (χ4n) is 3.51. The first-order valence-electron chi connectivity index (χ1n) is 10.3. The number of unbranched alkanes of at least 4 members (excludes halogenated alkanes) is 1. The lowest BCUT2D eigenvalue weighted by molar-refractivity contribution is -0.235. The van der Waals surface area contributed by atoms with Crippen molar-refractivity contribution in [3.63, 3.8) is 0 Å². The molecule has 166 valence electrons. The fourth-order valence-corrected chi connectivity index (χ4v) is 3.96. The van der Waals surface area contributed by atoms with Crippen LogP contribution in [-0.2, 0) is 9.53 Å². The third-order valence-electron chi connectivity index (χ3n) is 5.15. The van der Waals surface area contributed by atoms with E-state index in [0.29, 0.717) is 49.7 Å². The van der Waals surface area contributed by atoms with E-state index in [1.165, 1.54) is 0 Å². The van der Waals surface area contributed by atoms with Crippen LogP contribution in [0.25, 0.3) is 10.8 Å². The number of aliphatic hydroxyl groups is 2. The molecule has 0 aromatic heterocycles. The molecular formula is C23H28NO6P. The Morgan fingerprint density at radius 3 is 2.81 bits per heavy atom. The second-order valence-electron chi connectivity index (χ2n) is 7.56. The number of hydrogen-bond donors (Lipinski definition) is 4. The maximum Gasteiger partial charge on any atom is 0.228 e. The molecule has 5 atom stereocenters. The Morgan fingerprint density at radius 1 is 1.26 bits per heavy atom. The smallest absolute Gasteiger partial charge is 0.228 e. The zero-order valence-corrected chi connectivity index (χ0v) is 18.2. The lowest BCUT2D eigenvalue weighted by Gasteiger charge is -2.37. The molecule has 1 amide bonds. The van der Waals surface area contributed by atoms with Crippen LogP contribution in [0.2, 0.25) is 0 Å². The maximum absolute atomic E-state index is 12.0. The normalized spacial score (nSPS) is 23.7. The monoisotopic (exact) mass is 445 g/mol. The van der Waals surface area contributed by atoms with E-state index in [1.54, 1.807) is 6.07 Å². The summed E-state index contributed by atoms with van der Waals surface area (Å²) in [6.07, 6.45) is 4.92. The van der Waals surface area contributed by atoms with Gasteiger partial charge in [-0.05, 0) is 54.0 Å². The molecule has 1 aliphatic heterocycles. The minimum atomic E-state index is -1.16. The Bertz CT molecular complexity index is 930. The minimum absolute atomic E-state index is 0.0761. The van der Waals surface area contributed by atoms with Gasteiger partial charge in [-0.3, -0.25) is 4.79 Å². The van der Waals surface area contributed by atoms with Crippen molar-refractivity contribution < 1.29 is 29.4 Å². The number of aliphatic hydroxyl groups excluding tert-OH is 2. The molecule has 2 unspecified atom stereocenters. The van der Waals surface area contributed by atoms with E-state index in [-0.39, 0.29) is 20.8 Å². The number of benzene rings is 2. The number of fused-ring (bicyclic) bond motifs is 1. The van der Waals surface area contributed by atoms with Crippen molar-refractivity contribution in [2.24, 2.45) is 0 Å². The second kappa shape index (κ2) is 11.4. The van der Waals surface area contributed by atoms with Gasteiger partial charge >= 0.3 is 0 Å². The summed E-state index contributed by atoms with van der Waals surface area (Å²) < 4.78 is 11.6. The number of amides is 1. The van der Waals surface area contributed by atoms with Gasteiger partial charge in [-0.25, -0.2) is 0 Å². The van der Waals surface area contributed by atoms with E-state index in [2.05, 4.69) is 11.2 Å². The summed E-state index contributed by atoms with van der Waals surface area (Å²) in [6, 6.07) is 11.0. The summed E-state index contributed by atoms with van der Waals surface area (Å²) in [6.45, 7) is 0. The number of carbonyl (C=O) groups excluding carboxylic acids is 1. The van der Waals surface area contributed by atoms with Crippen LogP contribution in [0, 0.1) is 12.3 Å². The van der Waals surface area contributed by atoms with Gasteiger partial charge in [-0.1, -0.05) is 12.1 Å². The van der Waals surface area contributed by atoms with Gasteiger partial charge in [0.1, 0.15) is 11.9 Å². The highest BCUT2D eigenvalue weighted by Crippen LogP contribution is 2.29. The standard InChI is InChI=1S/C23H28NO6P/c1-2-3-4-5-21(26)24-17-8-6-16-13-18(9-7-15(16)12-17)29-23-22(27)20(25)14-19(30-23)10-11-31-28/h1,6-9,12-13,19-20,22-23,25,27-28,31H,3-5,10-11,14H2,(H,24,26)/t19-,20+,22+,23?/m1/s1. The molecule has 2 aromatic rings. The zero-order chi connectivity index (χ0) is 22.2. The van der Waals surface area contributed by atoms with Gasteiger partial charge in [0.25, 0.3) is 0 Å². The number of carbonyl (C=O) groups is 1. The van der Waals surface area contributed by atoms with Crippen molar-refractivity contribution >= 4 is 31.2 Å². The average molecular weight is 445 g/mol. The minimum Gasteiger partial charge on any atom is -0.462 e. The van der Waals surface area contributed by atoms with Crippen LogP contribution >= 0.6 is 8.81 Å². The van der Waals surface area contributed by atoms with Gasteiger partial charge in [0.05, 0.1) is 12.2 Å². The fraction of sp³-hybridized carbons (Fsp3) is 0.435. The third kappa shape index (κ3) is 6.64. The van der Waals surface area contributed by atoms with Crippen LogP contribution in [0.4, 0.5) is 5.69 Å². The summed E-state index contributed by atoms with van der Waals surface area (Å²) in [5.41, 5.74) is 0.702. The molecule has 2 aromatic carbocycles. The zero-order valence-electron chi connectivity index (χ0n) is 17.2. The van der Waals surface area contributed by atoms with E-state index in [0.717, 1.165) is 10.8 Å². The number of nitrogens with one attached hydrogen (secondary N) is 1.